The van der Waals surface area contributed by atoms with Crippen molar-refractivity contribution in [3.8, 4) is 5.75 Å². The van der Waals surface area contributed by atoms with Crippen LogP contribution in [0.5, 0.6) is 5.75 Å². The molecule has 4 nitrogen and oxygen atoms in total. The van der Waals surface area contributed by atoms with Gasteiger partial charge in [0.2, 0.25) is 0 Å². The number of methoxy groups -OCH3 is 1. The molecule has 0 bridgehead atoms. The molecule has 0 aromatic heterocycles. The van der Waals surface area contributed by atoms with Crippen molar-refractivity contribution in [2.75, 3.05) is 20.2 Å². The minimum atomic E-state index is -4.85. The first-order valence-corrected chi connectivity index (χ1v) is 6.59. The number of rotatable bonds is 3. The molecule has 1 N–H and O–H groups in total. The van der Waals surface area contributed by atoms with Crippen LogP contribution in [0.1, 0.15) is 34.7 Å². The van der Waals surface area contributed by atoms with Gasteiger partial charge in [0, 0.05) is 0 Å². The van der Waals surface area contributed by atoms with Crippen LogP contribution in [0.25, 0.3) is 0 Å². The first-order valence-electron chi connectivity index (χ1n) is 6.59. The van der Waals surface area contributed by atoms with E-state index in [0.717, 1.165) is 38.6 Å². The van der Waals surface area contributed by atoms with E-state index in [0.29, 0.717) is 0 Å². The Kier molecular flexibility index (Phi) is 6.49. The molecule has 1 aromatic carbocycles. The highest BCUT2D eigenvalue weighted by Gasteiger charge is 2.33. The van der Waals surface area contributed by atoms with Gasteiger partial charge in [0.25, 0.3) is 0 Å². The molecule has 1 aliphatic heterocycles. The lowest BCUT2D eigenvalue weighted by atomic mass is 9.89. The summed E-state index contributed by atoms with van der Waals surface area (Å²) in [5.74, 6) is -1.16. The molecule has 8 heteroatoms. The van der Waals surface area contributed by atoms with Crippen molar-refractivity contribution in [1.29, 1.82) is 0 Å². The quantitative estimate of drug-likeness (QED) is 0.859. The largest absolute Gasteiger partial charge is 0.573 e. The number of carbonyl (C=O) groups is 1. The van der Waals surface area contributed by atoms with Gasteiger partial charge in [-0.25, -0.2) is 4.79 Å². The predicted molar refractivity (Wildman–Crippen MR) is 76.6 cm³/mol. The van der Waals surface area contributed by atoms with Crippen LogP contribution in [-0.4, -0.2) is 32.5 Å². The molecule has 0 amide bonds. The Morgan fingerprint density at radius 2 is 1.91 bits per heavy atom. The molecule has 22 heavy (non-hydrogen) atoms. The van der Waals surface area contributed by atoms with E-state index < -0.39 is 18.1 Å². The number of halogens is 4. The normalized spacial score (nSPS) is 15.8. The van der Waals surface area contributed by atoms with Crippen LogP contribution in [0.15, 0.2) is 18.2 Å². The van der Waals surface area contributed by atoms with E-state index in [9.17, 15) is 18.0 Å². The Bertz CT molecular complexity index is 517. The molecular formula is C14H17ClF3NO3. The predicted octanol–water partition coefficient (Wildman–Crippen LogP) is 3.26. The Labute approximate surface area is 132 Å². The molecule has 0 radical (unpaired) electrons. The molecule has 0 aliphatic carbocycles. The van der Waals surface area contributed by atoms with Crippen LogP contribution in [0.2, 0.25) is 0 Å². The Morgan fingerprint density at radius 3 is 2.45 bits per heavy atom. The van der Waals surface area contributed by atoms with Crippen LogP contribution in [-0.2, 0) is 4.74 Å². The van der Waals surface area contributed by atoms with Crippen LogP contribution in [0, 0.1) is 0 Å². The highest BCUT2D eigenvalue weighted by atomic mass is 35.5. The molecule has 0 saturated carbocycles. The summed E-state index contributed by atoms with van der Waals surface area (Å²) in [6.07, 6.45) is -3.10. The first-order chi connectivity index (χ1) is 9.90. The Balaban J connectivity index is 0.00000242. The SMILES string of the molecule is COC(=O)c1cc(C2CCNCC2)ccc1OC(F)(F)F.Cl. The van der Waals surface area contributed by atoms with E-state index in [2.05, 4.69) is 14.8 Å². The third-order valence-electron chi connectivity index (χ3n) is 3.45. The van der Waals surface area contributed by atoms with Gasteiger partial charge in [0.05, 0.1) is 7.11 Å². The van der Waals surface area contributed by atoms with E-state index in [1.165, 1.54) is 12.1 Å². The van der Waals surface area contributed by atoms with Crippen molar-refractivity contribution >= 4 is 18.4 Å². The average molecular weight is 340 g/mol. The number of carbonyl (C=O) groups excluding carboxylic acids is 1. The minimum Gasteiger partial charge on any atom is -0.465 e. The summed E-state index contributed by atoms with van der Waals surface area (Å²) in [4.78, 5) is 11.7. The smallest absolute Gasteiger partial charge is 0.465 e. The fourth-order valence-corrected chi connectivity index (χ4v) is 2.44. The number of alkyl halides is 3. The van der Waals surface area contributed by atoms with Gasteiger partial charge in [0.15, 0.2) is 0 Å². The summed E-state index contributed by atoms with van der Waals surface area (Å²) in [5.41, 5.74) is 0.622. The fourth-order valence-electron chi connectivity index (χ4n) is 2.44. The molecular weight excluding hydrogens is 323 g/mol. The molecule has 124 valence electrons. The number of benzene rings is 1. The maximum Gasteiger partial charge on any atom is 0.573 e. The molecule has 0 unspecified atom stereocenters. The maximum absolute atomic E-state index is 12.4. The summed E-state index contributed by atoms with van der Waals surface area (Å²) < 4.78 is 45.5. The minimum absolute atomic E-state index is 0. The second kappa shape index (κ2) is 7.69. The van der Waals surface area contributed by atoms with Gasteiger partial charge in [-0.2, -0.15) is 0 Å². The molecule has 1 aromatic rings. The summed E-state index contributed by atoms with van der Waals surface area (Å²) in [7, 11) is 1.12. The van der Waals surface area contributed by atoms with Gasteiger partial charge in [0.1, 0.15) is 11.3 Å². The monoisotopic (exact) mass is 339 g/mol. The van der Waals surface area contributed by atoms with Crippen molar-refractivity contribution < 1.29 is 27.4 Å². The molecule has 1 heterocycles. The number of esters is 1. The zero-order chi connectivity index (χ0) is 15.5. The Morgan fingerprint density at radius 1 is 1.27 bits per heavy atom. The average Bonchev–Trinajstić information content (AvgIpc) is 2.46. The zero-order valence-corrected chi connectivity index (χ0v) is 12.7. The Hall–Kier alpha value is -1.47. The van der Waals surface area contributed by atoms with E-state index in [1.807, 2.05) is 0 Å². The highest BCUT2D eigenvalue weighted by molar-refractivity contribution is 5.92. The van der Waals surface area contributed by atoms with Gasteiger partial charge in [-0.15, -0.1) is 25.6 Å². The van der Waals surface area contributed by atoms with Crippen LogP contribution in [0.3, 0.4) is 0 Å². The first kappa shape index (κ1) is 18.6. The molecule has 2 rings (SSSR count). The third-order valence-corrected chi connectivity index (χ3v) is 3.45. The zero-order valence-electron chi connectivity index (χ0n) is 11.9. The highest BCUT2D eigenvalue weighted by Crippen LogP contribution is 2.32. The van der Waals surface area contributed by atoms with Crippen LogP contribution in [0.4, 0.5) is 13.2 Å². The molecule has 0 spiro atoms. The maximum atomic E-state index is 12.4. The standard InChI is InChI=1S/C14H16F3NO3.ClH/c1-20-13(19)11-8-10(9-4-6-18-7-5-9)2-3-12(11)21-14(15,16)17;/h2-3,8-9,18H,4-7H2,1H3;1H. The molecule has 1 aliphatic rings. The van der Waals surface area contributed by atoms with Gasteiger partial charge in [-0.1, -0.05) is 6.07 Å². The third kappa shape index (κ3) is 4.78. The number of hydrogen-bond donors (Lipinski definition) is 1. The lowest BCUT2D eigenvalue weighted by Gasteiger charge is -2.24. The van der Waals surface area contributed by atoms with E-state index in [1.54, 1.807) is 6.07 Å². The van der Waals surface area contributed by atoms with Crippen molar-refractivity contribution in [1.82, 2.24) is 5.32 Å². The second-order valence-corrected chi connectivity index (χ2v) is 4.82. The number of nitrogens with one attached hydrogen (secondary N) is 1. The van der Waals surface area contributed by atoms with Crippen molar-refractivity contribution in [2.24, 2.45) is 0 Å². The topological polar surface area (TPSA) is 47.6 Å². The lowest BCUT2D eigenvalue weighted by molar-refractivity contribution is -0.274. The molecule has 1 saturated heterocycles. The van der Waals surface area contributed by atoms with E-state index in [-0.39, 0.29) is 23.9 Å². The van der Waals surface area contributed by atoms with E-state index in [4.69, 9.17) is 0 Å². The summed E-state index contributed by atoms with van der Waals surface area (Å²) in [5, 5.41) is 3.21. The van der Waals surface area contributed by atoms with Crippen LogP contribution < -0.4 is 10.1 Å². The van der Waals surface area contributed by atoms with Crippen LogP contribution >= 0.6 is 12.4 Å². The van der Waals surface area contributed by atoms with Crippen molar-refractivity contribution in [3.05, 3.63) is 29.3 Å². The van der Waals surface area contributed by atoms with Gasteiger partial charge in [-0.3, -0.25) is 0 Å². The van der Waals surface area contributed by atoms with Gasteiger partial charge in [-0.05, 0) is 49.5 Å². The van der Waals surface area contributed by atoms with Crippen molar-refractivity contribution in [2.45, 2.75) is 25.1 Å². The van der Waals surface area contributed by atoms with Gasteiger partial charge >= 0.3 is 12.3 Å². The molecule has 0 atom stereocenters. The number of ether oxygens (including phenoxy) is 2. The fraction of sp³-hybridized carbons (Fsp3) is 0.500. The summed E-state index contributed by atoms with van der Waals surface area (Å²) in [6.45, 7) is 1.69. The van der Waals surface area contributed by atoms with Gasteiger partial charge < -0.3 is 14.8 Å². The second-order valence-electron chi connectivity index (χ2n) is 4.82. The molecule has 1 fully saturated rings. The summed E-state index contributed by atoms with van der Waals surface area (Å²) >= 11 is 0. The number of piperidine rings is 1. The van der Waals surface area contributed by atoms with Crippen molar-refractivity contribution in [3.63, 3.8) is 0 Å². The number of hydrogen-bond acceptors (Lipinski definition) is 4. The lowest BCUT2D eigenvalue weighted by Crippen LogP contribution is -2.26. The van der Waals surface area contributed by atoms with E-state index >= 15 is 0 Å². The summed E-state index contributed by atoms with van der Waals surface area (Å²) in [6, 6.07) is 4.18.